The van der Waals surface area contributed by atoms with E-state index in [1.165, 1.54) is 0 Å². The number of nitrogens with one attached hydrogen (secondary N) is 1. The standard InChI is InChI=1S/C12H16N4O/c1-16-8-11(14-15-16)7-13-12(9-17)10-5-3-2-4-6-10/h2-6,8,12-13,17H,7,9H2,1H3. The Hall–Kier alpha value is -1.72. The van der Waals surface area contributed by atoms with E-state index in [9.17, 15) is 5.11 Å². The molecule has 0 aliphatic heterocycles. The fraction of sp³-hybridized carbons (Fsp3) is 0.333. The highest BCUT2D eigenvalue weighted by Gasteiger charge is 2.09. The fourth-order valence-corrected chi connectivity index (χ4v) is 1.68. The summed E-state index contributed by atoms with van der Waals surface area (Å²) in [5, 5.41) is 20.5. The van der Waals surface area contributed by atoms with Crippen LogP contribution in [0.5, 0.6) is 0 Å². The van der Waals surface area contributed by atoms with Gasteiger partial charge in [0.2, 0.25) is 0 Å². The molecule has 0 bridgehead atoms. The van der Waals surface area contributed by atoms with Crippen molar-refractivity contribution in [3.05, 3.63) is 47.8 Å². The van der Waals surface area contributed by atoms with Gasteiger partial charge in [-0.2, -0.15) is 0 Å². The van der Waals surface area contributed by atoms with Gasteiger partial charge in [-0.25, -0.2) is 0 Å². The van der Waals surface area contributed by atoms with Gasteiger partial charge in [-0.05, 0) is 5.56 Å². The van der Waals surface area contributed by atoms with Crippen LogP contribution in [0.4, 0.5) is 0 Å². The maximum absolute atomic E-state index is 9.36. The Labute approximate surface area is 100 Å². The highest BCUT2D eigenvalue weighted by molar-refractivity contribution is 5.19. The molecule has 90 valence electrons. The van der Waals surface area contributed by atoms with Crippen LogP contribution in [0.25, 0.3) is 0 Å². The van der Waals surface area contributed by atoms with Gasteiger partial charge in [0.15, 0.2) is 0 Å². The normalized spacial score (nSPS) is 12.6. The van der Waals surface area contributed by atoms with Crippen LogP contribution in [-0.2, 0) is 13.6 Å². The summed E-state index contributed by atoms with van der Waals surface area (Å²) >= 11 is 0. The summed E-state index contributed by atoms with van der Waals surface area (Å²) in [4.78, 5) is 0. The molecule has 0 amide bonds. The number of hydrogen-bond donors (Lipinski definition) is 2. The van der Waals surface area contributed by atoms with E-state index in [1.807, 2.05) is 43.6 Å². The van der Waals surface area contributed by atoms with E-state index in [2.05, 4.69) is 15.6 Å². The van der Waals surface area contributed by atoms with Crippen molar-refractivity contribution >= 4 is 0 Å². The average molecular weight is 232 g/mol. The SMILES string of the molecule is Cn1cc(CNC(CO)c2ccccc2)nn1. The molecule has 1 heterocycles. The van der Waals surface area contributed by atoms with Crippen molar-refractivity contribution in [3.63, 3.8) is 0 Å². The van der Waals surface area contributed by atoms with Crippen LogP contribution in [0, 0.1) is 0 Å². The van der Waals surface area contributed by atoms with Gasteiger partial charge in [0.25, 0.3) is 0 Å². The minimum atomic E-state index is -0.0711. The molecule has 1 unspecified atom stereocenters. The summed E-state index contributed by atoms with van der Waals surface area (Å²) < 4.78 is 1.66. The second kappa shape index (κ2) is 5.56. The molecule has 0 saturated heterocycles. The lowest BCUT2D eigenvalue weighted by atomic mass is 10.1. The molecule has 1 aromatic carbocycles. The lowest BCUT2D eigenvalue weighted by Crippen LogP contribution is -2.24. The molecular formula is C12H16N4O. The van der Waals surface area contributed by atoms with E-state index in [1.54, 1.807) is 4.68 Å². The first-order valence-corrected chi connectivity index (χ1v) is 5.54. The highest BCUT2D eigenvalue weighted by Crippen LogP contribution is 2.11. The molecule has 0 saturated carbocycles. The van der Waals surface area contributed by atoms with E-state index in [-0.39, 0.29) is 12.6 Å². The van der Waals surface area contributed by atoms with Crippen LogP contribution < -0.4 is 5.32 Å². The van der Waals surface area contributed by atoms with Crippen LogP contribution in [-0.4, -0.2) is 26.7 Å². The van der Waals surface area contributed by atoms with E-state index in [4.69, 9.17) is 0 Å². The van der Waals surface area contributed by atoms with Crippen LogP contribution in [0.3, 0.4) is 0 Å². The van der Waals surface area contributed by atoms with Crippen molar-refractivity contribution in [1.29, 1.82) is 0 Å². The number of hydrogen-bond acceptors (Lipinski definition) is 4. The Morgan fingerprint density at radius 1 is 1.35 bits per heavy atom. The van der Waals surface area contributed by atoms with E-state index >= 15 is 0 Å². The molecule has 5 nitrogen and oxygen atoms in total. The summed E-state index contributed by atoms with van der Waals surface area (Å²) in [6.45, 7) is 0.651. The van der Waals surface area contributed by atoms with Crippen LogP contribution in [0.15, 0.2) is 36.5 Å². The van der Waals surface area contributed by atoms with Crippen LogP contribution >= 0.6 is 0 Å². The molecule has 2 rings (SSSR count). The van der Waals surface area contributed by atoms with Crippen molar-refractivity contribution < 1.29 is 5.11 Å². The van der Waals surface area contributed by atoms with Crippen molar-refractivity contribution in [2.45, 2.75) is 12.6 Å². The monoisotopic (exact) mass is 232 g/mol. The molecule has 2 aromatic rings. The Morgan fingerprint density at radius 2 is 2.12 bits per heavy atom. The third-order valence-corrected chi connectivity index (χ3v) is 2.56. The number of rotatable bonds is 5. The van der Waals surface area contributed by atoms with Gasteiger partial charge in [0, 0.05) is 19.8 Å². The quantitative estimate of drug-likeness (QED) is 0.794. The first-order valence-electron chi connectivity index (χ1n) is 5.54. The summed E-state index contributed by atoms with van der Waals surface area (Å²) in [6.07, 6.45) is 1.85. The number of benzene rings is 1. The molecule has 1 aromatic heterocycles. The highest BCUT2D eigenvalue weighted by atomic mass is 16.3. The molecule has 0 fully saturated rings. The molecule has 0 aliphatic rings. The van der Waals surface area contributed by atoms with Crippen LogP contribution in [0.1, 0.15) is 17.3 Å². The van der Waals surface area contributed by atoms with Gasteiger partial charge in [-0.3, -0.25) is 4.68 Å². The smallest absolute Gasteiger partial charge is 0.0964 e. The molecule has 0 aliphatic carbocycles. The molecular weight excluding hydrogens is 216 g/mol. The molecule has 17 heavy (non-hydrogen) atoms. The van der Waals surface area contributed by atoms with Crippen molar-refractivity contribution in [3.8, 4) is 0 Å². The Balaban J connectivity index is 1.97. The van der Waals surface area contributed by atoms with E-state index in [0.717, 1.165) is 11.3 Å². The zero-order valence-corrected chi connectivity index (χ0v) is 9.74. The summed E-state index contributed by atoms with van der Waals surface area (Å²) in [5.41, 5.74) is 1.93. The minimum absolute atomic E-state index is 0.0598. The first-order chi connectivity index (χ1) is 8.29. The number of aliphatic hydroxyl groups is 1. The van der Waals surface area contributed by atoms with Gasteiger partial charge in [-0.1, -0.05) is 35.5 Å². The zero-order valence-electron chi connectivity index (χ0n) is 9.74. The predicted octanol–water partition coefficient (Wildman–Crippen LogP) is 0.638. The third-order valence-electron chi connectivity index (χ3n) is 2.56. The fourth-order valence-electron chi connectivity index (χ4n) is 1.68. The maximum atomic E-state index is 9.36. The molecule has 1 atom stereocenters. The second-order valence-corrected chi connectivity index (χ2v) is 3.91. The maximum Gasteiger partial charge on any atom is 0.0964 e. The Bertz CT molecular complexity index is 455. The largest absolute Gasteiger partial charge is 0.394 e. The lowest BCUT2D eigenvalue weighted by Gasteiger charge is -2.15. The summed E-state index contributed by atoms with van der Waals surface area (Å²) in [6, 6.07) is 9.79. The molecule has 5 heteroatoms. The van der Waals surface area contributed by atoms with Gasteiger partial charge < -0.3 is 10.4 Å². The number of nitrogens with zero attached hydrogens (tertiary/aromatic N) is 3. The second-order valence-electron chi connectivity index (χ2n) is 3.91. The lowest BCUT2D eigenvalue weighted by molar-refractivity contribution is 0.243. The molecule has 2 N–H and O–H groups in total. The topological polar surface area (TPSA) is 63.0 Å². The molecule has 0 radical (unpaired) electrons. The average Bonchev–Trinajstić information content (AvgIpc) is 2.77. The minimum Gasteiger partial charge on any atom is -0.394 e. The molecule has 0 spiro atoms. The number of aryl methyl sites for hydroxylation is 1. The Morgan fingerprint density at radius 3 is 2.71 bits per heavy atom. The van der Waals surface area contributed by atoms with Crippen molar-refractivity contribution in [1.82, 2.24) is 20.3 Å². The van der Waals surface area contributed by atoms with E-state index in [0.29, 0.717) is 6.54 Å². The Kier molecular flexibility index (Phi) is 3.85. The van der Waals surface area contributed by atoms with Gasteiger partial charge in [0.1, 0.15) is 0 Å². The number of aromatic nitrogens is 3. The summed E-state index contributed by atoms with van der Waals surface area (Å²) in [7, 11) is 1.83. The van der Waals surface area contributed by atoms with Gasteiger partial charge in [0.05, 0.1) is 18.3 Å². The summed E-state index contributed by atoms with van der Waals surface area (Å²) in [5.74, 6) is 0. The first kappa shape index (κ1) is 11.8. The van der Waals surface area contributed by atoms with Crippen molar-refractivity contribution in [2.75, 3.05) is 6.61 Å². The van der Waals surface area contributed by atoms with Crippen LogP contribution in [0.2, 0.25) is 0 Å². The zero-order chi connectivity index (χ0) is 12.1. The van der Waals surface area contributed by atoms with Gasteiger partial charge >= 0.3 is 0 Å². The third kappa shape index (κ3) is 3.12. The van der Waals surface area contributed by atoms with Gasteiger partial charge in [-0.15, -0.1) is 5.10 Å². The number of aliphatic hydroxyl groups excluding tert-OH is 1. The van der Waals surface area contributed by atoms with E-state index < -0.39 is 0 Å². The predicted molar refractivity (Wildman–Crippen MR) is 64.1 cm³/mol. The van der Waals surface area contributed by atoms with Crippen molar-refractivity contribution in [2.24, 2.45) is 7.05 Å².